The molecule has 7 nitrogen and oxygen atoms in total. The summed E-state index contributed by atoms with van der Waals surface area (Å²) in [5.74, 6) is 4.75. The summed E-state index contributed by atoms with van der Waals surface area (Å²) in [7, 11) is -1.24. The number of hydrogen-bond acceptors (Lipinski definition) is 6. The fourth-order valence-electron chi connectivity index (χ4n) is 7.57. The van der Waals surface area contributed by atoms with Gasteiger partial charge in [-0.2, -0.15) is 0 Å². The Morgan fingerprint density at radius 1 is 1.23 bits per heavy atom. The van der Waals surface area contributed by atoms with Crippen molar-refractivity contribution in [1.82, 2.24) is 4.72 Å². The van der Waals surface area contributed by atoms with Crippen LogP contribution < -0.4 is 14.4 Å². The first kappa shape index (κ1) is 30.5. The molecule has 1 fully saturated rings. The normalized spacial score (nSPS) is 35.0. The van der Waals surface area contributed by atoms with Crippen LogP contribution in [0.3, 0.4) is 0 Å². The Balaban J connectivity index is 1.43. The van der Waals surface area contributed by atoms with E-state index in [2.05, 4.69) is 33.7 Å². The zero-order chi connectivity index (χ0) is 30.4. The van der Waals surface area contributed by atoms with Crippen LogP contribution in [0.15, 0.2) is 48.6 Å². The number of methoxy groups -OCH3 is 1. The minimum Gasteiger partial charge on any atom is -0.490 e. The molecule has 2 N–H and O–H groups in total. The quantitative estimate of drug-likeness (QED) is 0.353. The summed E-state index contributed by atoms with van der Waals surface area (Å²) in [6.45, 7) is 3.83. The minimum absolute atomic E-state index is 0.0811. The number of halogens is 1. The molecular weight excluding hydrogens is 584 g/mol. The van der Waals surface area contributed by atoms with Crippen molar-refractivity contribution >= 4 is 38.8 Å². The van der Waals surface area contributed by atoms with E-state index in [1.165, 1.54) is 11.1 Å². The summed E-state index contributed by atoms with van der Waals surface area (Å²) in [4.78, 5) is 15.9. The van der Waals surface area contributed by atoms with Crippen LogP contribution in [0.2, 0.25) is 5.02 Å². The SMILES string of the molecule is C=S1(=O)NC(=O)c2ccc3c(c2)N(C[C@@H]2CC[C@H]2[C@@H](OC)/C=C/[C@H](CO)C[C@@H]1C)C[C@@]1(CCCc2cc(Cl)ccc21)CO3. The molecule has 2 aromatic carbocycles. The van der Waals surface area contributed by atoms with Crippen molar-refractivity contribution in [3.63, 3.8) is 0 Å². The largest absolute Gasteiger partial charge is 0.490 e. The lowest BCUT2D eigenvalue weighted by Crippen LogP contribution is -2.49. The number of ether oxygens (including phenoxy) is 2. The monoisotopic (exact) mass is 626 g/mol. The zero-order valence-corrected chi connectivity index (χ0v) is 26.7. The third-order valence-electron chi connectivity index (χ3n) is 10.3. The number of aliphatic hydroxyl groups excluding tert-OH is 1. The van der Waals surface area contributed by atoms with Gasteiger partial charge < -0.3 is 19.5 Å². The van der Waals surface area contributed by atoms with Gasteiger partial charge in [0.1, 0.15) is 5.75 Å². The maximum atomic E-state index is 13.6. The van der Waals surface area contributed by atoms with Crippen molar-refractivity contribution < 1.29 is 23.6 Å². The fourth-order valence-corrected chi connectivity index (χ4v) is 8.95. The molecule has 2 bridgehead atoms. The van der Waals surface area contributed by atoms with E-state index in [0.717, 1.165) is 61.7 Å². The number of aliphatic hydroxyl groups is 1. The van der Waals surface area contributed by atoms with Crippen LogP contribution >= 0.6 is 11.6 Å². The molecule has 232 valence electrons. The molecule has 0 radical (unpaired) electrons. The molecule has 2 aliphatic heterocycles. The molecule has 9 heteroatoms. The molecule has 7 atom stereocenters. The van der Waals surface area contributed by atoms with Crippen molar-refractivity contribution in [2.75, 3.05) is 38.3 Å². The fraction of sp³-hybridized carbons (Fsp3) is 0.529. The maximum Gasteiger partial charge on any atom is 0.262 e. The Bertz CT molecular complexity index is 1510. The van der Waals surface area contributed by atoms with E-state index < -0.39 is 20.9 Å². The van der Waals surface area contributed by atoms with E-state index in [-0.39, 0.29) is 24.0 Å². The Hall–Kier alpha value is -2.52. The summed E-state index contributed by atoms with van der Waals surface area (Å²) in [5.41, 5.74) is 3.67. The van der Waals surface area contributed by atoms with E-state index in [1.807, 2.05) is 31.2 Å². The predicted octanol–water partition coefficient (Wildman–Crippen LogP) is 5.17. The van der Waals surface area contributed by atoms with E-state index in [0.29, 0.717) is 30.4 Å². The number of nitrogens with zero attached hydrogens (tertiary/aromatic N) is 1. The molecule has 2 heterocycles. The molecule has 0 aromatic heterocycles. The highest BCUT2D eigenvalue weighted by Gasteiger charge is 2.44. The van der Waals surface area contributed by atoms with E-state index in [9.17, 15) is 14.1 Å². The topological polar surface area (TPSA) is 88.1 Å². The van der Waals surface area contributed by atoms with Gasteiger partial charge in [0, 0.05) is 54.0 Å². The zero-order valence-electron chi connectivity index (χ0n) is 25.1. The third kappa shape index (κ3) is 5.96. The molecule has 2 aromatic rings. The lowest BCUT2D eigenvalue weighted by molar-refractivity contribution is 0.0129. The summed E-state index contributed by atoms with van der Waals surface area (Å²) < 4.78 is 28.9. The van der Waals surface area contributed by atoms with Crippen molar-refractivity contribution in [1.29, 1.82) is 0 Å². The number of benzene rings is 2. The molecular formula is C34H43ClN2O5S. The second-order valence-electron chi connectivity index (χ2n) is 13.0. The molecule has 1 spiro atoms. The van der Waals surface area contributed by atoms with Gasteiger partial charge in [-0.25, -0.2) is 4.21 Å². The summed E-state index contributed by atoms with van der Waals surface area (Å²) in [5, 5.41) is 10.4. The molecule has 6 rings (SSSR count). The van der Waals surface area contributed by atoms with Crippen LogP contribution in [0.1, 0.15) is 60.5 Å². The molecule has 0 saturated heterocycles. The van der Waals surface area contributed by atoms with Crippen molar-refractivity contribution in [3.05, 3.63) is 70.3 Å². The number of fused-ring (bicyclic) bond motifs is 4. The lowest BCUT2D eigenvalue weighted by Gasteiger charge is -2.46. The van der Waals surface area contributed by atoms with E-state index in [4.69, 9.17) is 21.1 Å². The van der Waals surface area contributed by atoms with Gasteiger partial charge in [-0.3, -0.25) is 9.52 Å². The molecule has 1 saturated carbocycles. The van der Waals surface area contributed by atoms with Crippen molar-refractivity contribution in [3.8, 4) is 5.75 Å². The van der Waals surface area contributed by atoms with Gasteiger partial charge in [-0.05, 0) is 105 Å². The molecule has 43 heavy (non-hydrogen) atoms. The first-order valence-corrected chi connectivity index (χ1v) is 17.6. The van der Waals surface area contributed by atoms with Gasteiger partial charge >= 0.3 is 0 Å². The van der Waals surface area contributed by atoms with Gasteiger partial charge in [0.25, 0.3) is 5.91 Å². The van der Waals surface area contributed by atoms with E-state index >= 15 is 0 Å². The van der Waals surface area contributed by atoms with Crippen LogP contribution in [0, 0.1) is 17.8 Å². The van der Waals surface area contributed by atoms with Crippen LogP contribution in [0.5, 0.6) is 5.75 Å². The average Bonchev–Trinajstić information content (AvgIpc) is 3.12. The first-order valence-electron chi connectivity index (χ1n) is 15.4. The van der Waals surface area contributed by atoms with Crippen molar-refractivity contribution in [2.24, 2.45) is 17.8 Å². The number of aryl methyl sites for hydroxylation is 1. The summed E-state index contributed by atoms with van der Waals surface area (Å²) in [6.07, 6.45) is 9.62. The smallest absolute Gasteiger partial charge is 0.262 e. The number of carbonyl (C=O) groups is 1. The number of rotatable bonds is 2. The van der Waals surface area contributed by atoms with Gasteiger partial charge in [0.2, 0.25) is 0 Å². The average molecular weight is 627 g/mol. The highest BCUT2D eigenvalue weighted by Crippen LogP contribution is 2.47. The van der Waals surface area contributed by atoms with Crippen molar-refractivity contribution in [2.45, 2.75) is 62.2 Å². The summed E-state index contributed by atoms with van der Waals surface area (Å²) >= 11 is 6.42. The third-order valence-corrected chi connectivity index (χ3v) is 12.5. The Labute approximate surface area is 260 Å². The summed E-state index contributed by atoms with van der Waals surface area (Å²) in [6, 6.07) is 11.8. The number of amides is 1. The van der Waals surface area contributed by atoms with E-state index in [1.54, 1.807) is 13.2 Å². The van der Waals surface area contributed by atoms with Gasteiger partial charge in [-0.1, -0.05) is 29.8 Å². The number of hydrogen-bond donors (Lipinski definition) is 2. The Kier molecular flexibility index (Phi) is 8.59. The van der Waals surface area contributed by atoms with Crippen LogP contribution in [-0.2, 0) is 26.3 Å². The number of carbonyl (C=O) groups excluding carboxylic acids is 1. The van der Waals surface area contributed by atoms with Crippen LogP contribution in [0.4, 0.5) is 5.69 Å². The number of anilines is 1. The highest BCUT2D eigenvalue weighted by atomic mass is 35.5. The standard InChI is InChI=1S/C34H43ClN2O5S/c1-22-15-23(19-38)6-12-31(41-2)28-10-7-26(28)18-37-20-34(14-4-5-24-16-27(35)9-11-29(24)34)21-42-32-13-8-25(17-30(32)37)33(39)36-43(22,3)40/h6,8-9,11-13,16-17,22-23,26,28,31,38H,3-5,7,10,14-15,18-21H2,1-2H3,(H,36,39,40)/b12-6+/t22-,23-,26-,28+,31-,34-,43?/m0/s1. The number of nitrogens with one attached hydrogen (secondary N) is 1. The Morgan fingerprint density at radius 3 is 2.81 bits per heavy atom. The first-order chi connectivity index (χ1) is 20.6. The predicted molar refractivity (Wildman–Crippen MR) is 174 cm³/mol. The minimum atomic E-state index is -2.99. The van der Waals surface area contributed by atoms with Gasteiger partial charge in [0.05, 0.1) is 28.1 Å². The van der Waals surface area contributed by atoms with Gasteiger partial charge in [-0.15, -0.1) is 0 Å². The molecule has 1 unspecified atom stereocenters. The lowest BCUT2D eigenvalue weighted by atomic mass is 9.68. The van der Waals surface area contributed by atoms with Gasteiger partial charge in [0.15, 0.2) is 0 Å². The van der Waals surface area contributed by atoms with Crippen LogP contribution in [0.25, 0.3) is 0 Å². The molecule has 4 aliphatic rings. The second kappa shape index (κ2) is 12.1. The maximum absolute atomic E-state index is 13.6. The highest BCUT2D eigenvalue weighted by molar-refractivity contribution is 7.99. The second-order valence-corrected chi connectivity index (χ2v) is 15.9. The Morgan fingerprint density at radius 2 is 2.07 bits per heavy atom. The van der Waals surface area contributed by atoms with Crippen LogP contribution in [-0.4, -0.2) is 65.9 Å². The molecule has 2 aliphatic carbocycles. The molecule has 1 amide bonds.